The Hall–Kier alpha value is -2.52. The minimum Gasteiger partial charge on any atom is -0.353 e. The van der Waals surface area contributed by atoms with Gasteiger partial charge in [0.05, 0.1) is 16.6 Å². The van der Waals surface area contributed by atoms with E-state index in [1.165, 1.54) is 0 Å². The maximum absolute atomic E-state index is 9.17. The molecule has 0 atom stereocenters. The van der Waals surface area contributed by atoms with E-state index in [2.05, 4.69) is 22.3 Å². The van der Waals surface area contributed by atoms with Gasteiger partial charge in [0.2, 0.25) is 0 Å². The topological polar surface area (TPSA) is 48.7 Å². The molecule has 0 saturated carbocycles. The van der Waals surface area contributed by atoms with Crippen LogP contribution in [0.4, 0.5) is 5.82 Å². The average Bonchev–Trinajstić information content (AvgIpc) is 2.37. The summed E-state index contributed by atoms with van der Waals surface area (Å²) in [5.74, 6) is 3.16. The normalized spacial score (nSPS) is 10.7. The van der Waals surface area contributed by atoms with Crippen LogP contribution < -0.4 is 5.32 Å². The molecule has 1 heterocycles. The van der Waals surface area contributed by atoms with Crippen LogP contribution in [-0.2, 0) is 0 Å². The zero-order valence-electron chi connectivity index (χ0n) is 10.4. The Kier molecular flexibility index (Phi) is 2.92. The summed E-state index contributed by atoms with van der Waals surface area (Å²) < 4.78 is 0. The summed E-state index contributed by atoms with van der Waals surface area (Å²) in [5.41, 5.74) is 0.796. The molecule has 1 aromatic heterocycles. The van der Waals surface area contributed by atoms with Gasteiger partial charge in [0.25, 0.3) is 0 Å². The Morgan fingerprint density at radius 3 is 2.72 bits per heavy atom. The van der Waals surface area contributed by atoms with Crippen molar-refractivity contribution >= 4 is 16.7 Å². The van der Waals surface area contributed by atoms with Gasteiger partial charge in [0.15, 0.2) is 0 Å². The lowest BCUT2D eigenvalue weighted by atomic mass is 10.1. The molecule has 0 fully saturated rings. The first-order valence-electron chi connectivity index (χ1n) is 5.61. The number of anilines is 1. The number of nitrogens with one attached hydrogen (secondary N) is 1. The van der Waals surface area contributed by atoms with Crippen molar-refractivity contribution in [1.82, 2.24) is 4.98 Å². The highest BCUT2D eigenvalue weighted by Gasteiger charge is 2.16. The van der Waals surface area contributed by atoms with Crippen molar-refractivity contribution < 1.29 is 0 Å². The zero-order chi connectivity index (χ0) is 13.2. The van der Waals surface area contributed by atoms with Crippen molar-refractivity contribution in [2.24, 2.45) is 0 Å². The van der Waals surface area contributed by atoms with E-state index >= 15 is 0 Å². The Bertz CT molecular complexity index is 672. The molecule has 3 heteroatoms. The third-order valence-electron chi connectivity index (χ3n) is 2.64. The van der Waals surface area contributed by atoms with Crippen LogP contribution in [0.15, 0.2) is 30.3 Å². The van der Waals surface area contributed by atoms with Gasteiger partial charge in [-0.05, 0) is 26.0 Å². The first-order valence-corrected chi connectivity index (χ1v) is 5.61. The molecule has 0 aliphatic rings. The summed E-state index contributed by atoms with van der Waals surface area (Å²) in [7, 11) is 0. The summed E-state index contributed by atoms with van der Waals surface area (Å²) in [5, 5.41) is 13.2. The van der Waals surface area contributed by atoms with Crippen LogP contribution in [0, 0.1) is 23.7 Å². The Balaban J connectivity index is 2.57. The molecule has 1 N–H and O–H groups in total. The summed E-state index contributed by atoms with van der Waals surface area (Å²) in [4.78, 5) is 4.45. The molecule has 88 valence electrons. The Morgan fingerprint density at radius 2 is 2.06 bits per heavy atom. The predicted molar refractivity (Wildman–Crippen MR) is 73.0 cm³/mol. The smallest absolute Gasteiger partial charge is 0.145 e. The van der Waals surface area contributed by atoms with E-state index in [0.29, 0.717) is 11.4 Å². The van der Waals surface area contributed by atoms with Crippen LogP contribution in [-0.4, -0.2) is 10.5 Å². The summed E-state index contributed by atoms with van der Waals surface area (Å²) in [6.07, 6.45) is 5.44. The number of nitriles is 1. The van der Waals surface area contributed by atoms with E-state index in [9.17, 15) is 0 Å². The van der Waals surface area contributed by atoms with Gasteiger partial charge < -0.3 is 5.32 Å². The fraction of sp³-hybridized carbons (Fsp3) is 0.200. The molecular formula is C15H13N3. The number of nitrogens with zero attached hydrogens (tertiary/aromatic N) is 2. The standard InChI is InChI=1S/C15H13N3/c1-4-15(2,3)18-14-12(10-16)9-11-7-5-6-8-13(11)17-14/h1,5-9H,2-3H3,(H,17,18). The van der Waals surface area contributed by atoms with E-state index in [1.807, 2.05) is 44.2 Å². The van der Waals surface area contributed by atoms with Gasteiger partial charge in [0, 0.05) is 5.39 Å². The van der Waals surface area contributed by atoms with Crippen molar-refractivity contribution in [3.63, 3.8) is 0 Å². The van der Waals surface area contributed by atoms with E-state index < -0.39 is 5.54 Å². The van der Waals surface area contributed by atoms with Crippen molar-refractivity contribution in [1.29, 1.82) is 5.26 Å². The number of pyridine rings is 1. The maximum atomic E-state index is 9.17. The molecule has 0 bridgehead atoms. The van der Waals surface area contributed by atoms with Gasteiger partial charge in [-0.2, -0.15) is 5.26 Å². The first-order chi connectivity index (χ1) is 8.55. The number of terminal acetylenes is 1. The molecule has 0 saturated heterocycles. The lowest BCUT2D eigenvalue weighted by Crippen LogP contribution is -2.29. The van der Waals surface area contributed by atoms with Gasteiger partial charge in [-0.1, -0.05) is 24.1 Å². The number of hydrogen-bond acceptors (Lipinski definition) is 3. The average molecular weight is 235 g/mol. The van der Waals surface area contributed by atoms with Crippen molar-refractivity contribution in [2.45, 2.75) is 19.4 Å². The minimum absolute atomic E-state index is 0.497. The summed E-state index contributed by atoms with van der Waals surface area (Å²) in [6.45, 7) is 3.73. The van der Waals surface area contributed by atoms with Crippen LogP contribution in [0.3, 0.4) is 0 Å². The molecule has 0 unspecified atom stereocenters. The van der Waals surface area contributed by atoms with Gasteiger partial charge in [0.1, 0.15) is 11.9 Å². The second kappa shape index (κ2) is 4.39. The third-order valence-corrected chi connectivity index (χ3v) is 2.64. The van der Waals surface area contributed by atoms with Crippen molar-refractivity contribution in [3.05, 3.63) is 35.9 Å². The number of aromatic nitrogens is 1. The van der Waals surface area contributed by atoms with E-state index in [1.54, 1.807) is 0 Å². The van der Waals surface area contributed by atoms with Gasteiger partial charge in [-0.3, -0.25) is 0 Å². The third kappa shape index (κ3) is 2.26. The molecule has 0 aliphatic heterocycles. The van der Waals surface area contributed by atoms with Crippen LogP contribution in [0.1, 0.15) is 19.4 Å². The molecule has 0 amide bonds. The molecule has 18 heavy (non-hydrogen) atoms. The lowest BCUT2D eigenvalue weighted by molar-refractivity contribution is 0.736. The van der Waals surface area contributed by atoms with Crippen molar-refractivity contribution in [2.75, 3.05) is 5.32 Å². The number of fused-ring (bicyclic) bond motifs is 1. The SMILES string of the molecule is C#CC(C)(C)Nc1nc2ccccc2cc1C#N. The number of hydrogen-bond donors (Lipinski definition) is 1. The quantitative estimate of drug-likeness (QED) is 0.814. The first kappa shape index (κ1) is 12.0. The number of rotatable bonds is 2. The molecule has 0 spiro atoms. The fourth-order valence-electron chi connectivity index (χ4n) is 1.63. The van der Waals surface area contributed by atoms with E-state index in [-0.39, 0.29) is 0 Å². The fourth-order valence-corrected chi connectivity index (χ4v) is 1.63. The monoisotopic (exact) mass is 235 g/mol. The van der Waals surface area contributed by atoms with Crippen molar-refractivity contribution in [3.8, 4) is 18.4 Å². The molecule has 0 radical (unpaired) electrons. The molecule has 1 aromatic carbocycles. The van der Waals surface area contributed by atoms with Gasteiger partial charge in [-0.15, -0.1) is 6.42 Å². The minimum atomic E-state index is -0.541. The molecule has 2 aromatic rings. The lowest BCUT2D eigenvalue weighted by Gasteiger charge is -2.21. The highest BCUT2D eigenvalue weighted by atomic mass is 15.0. The Morgan fingerprint density at radius 1 is 1.33 bits per heavy atom. The Labute approximate surface area is 106 Å². The number of benzene rings is 1. The number of para-hydroxylation sites is 1. The second-order valence-electron chi connectivity index (χ2n) is 4.58. The highest BCUT2D eigenvalue weighted by molar-refractivity contribution is 5.83. The largest absolute Gasteiger partial charge is 0.353 e. The summed E-state index contributed by atoms with van der Waals surface area (Å²) >= 11 is 0. The zero-order valence-corrected chi connectivity index (χ0v) is 10.4. The maximum Gasteiger partial charge on any atom is 0.145 e. The van der Waals surface area contributed by atoms with Gasteiger partial charge in [-0.25, -0.2) is 4.98 Å². The summed E-state index contributed by atoms with van der Waals surface area (Å²) in [6, 6.07) is 11.6. The molecule has 3 nitrogen and oxygen atoms in total. The van der Waals surface area contributed by atoms with E-state index in [0.717, 1.165) is 10.9 Å². The second-order valence-corrected chi connectivity index (χ2v) is 4.58. The molecule has 2 rings (SSSR count). The highest BCUT2D eigenvalue weighted by Crippen LogP contribution is 2.22. The van der Waals surface area contributed by atoms with E-state index in [4.69, 9.17) is 11.7 Å². The molecule has 0 aliphatic carbocycles. The van der Waals surface area contributed by atoms with Crippen LogP contribution in [0.5, 0.6) is 0 Å². The van der Waals surface area contributed by atoms with Gasteiger partial charge >= 0.3 is 0 Å². The van der Waals surface area contributed by atoms with Crippen LogP contribution in [0.2, 0.25) is 0 Å². The van der Waals surface area contributed by atoms with Crippen LogP contribution >= 0.6 is 0 Å². The van der Waals surface area contributed by atoms with Crippen LogP contribution in [0.25, 0.3) is 10.9 Å². The molecular weight excluding hydrogens is 222 g/mol. The predicted octanol–water partition coefficient (Wildman–Crippen LogP) is 2.93.